The summed E-state index contributed by atoms with van der Waals surface area (Å²) < 4.78 is 6.02. The maximum Gasteiger partial charge on any atom is 0.309 e. The average Bonchev–Trinajstić information content (AvgIpc) is 2.60. The monoisotopic (exact) mass is 413 g/mol. The Morgan fingerprint density at radius 3 is 1.69 bits per heavy atom. The van der Waals surface area contributed by atoms with Crippen LogP contribution in [0.25, 0.3) is 0 Å². The van der Waals surface area contributed by atoms with E-state index in [-0.39, 0.29) is 18.3 Å². The van der Waals surface area contributed by atoms with Gasteiger partial charge in [0, 0.05) is 12.4 Å². The summed E-state index contributed by atoms with van der Waals surface area (Å²) in [5, 5.41) is 10.9. The van der Waals surface area contributed by atoms with Gasteiger partial charge in [0.15, 0.2) is 6.10 Å². The number of nitrogens with zero attached hydrogens (tertiary/aromatic N) is 1. The Morgan fingerprint density at radius 2 is 1.28 bits per heavy atom. The lowest BCUT2D eigenvalue weighted by atomic mass is 10.0. The highest BCUT2D eigenvalue weighted by Gasteiger charge is 2.24. The van der Waals surface area contributed by atoms with Gasteiger partial charge in [-0.3, -0.25) is 4.79 Å². The summed E-state index contributed by atoms with van der Waals surface area (Å²) in [4.78, 5) is 23.2. The Bertz CT molecular complexity index is 431. The number of aliphatic carboxylic acids is 1. The van der Waals surface area contributed by atoms with Crippen LogP contribution in [0.5, 0.6) is 0 Å². The van der Waals surface area contributed by atoms with Gasteiger partial charge in [-0.1, -0.05) is 90.9 Å². The highest BCUT2D eigenvalue weighted by molar-refractivity contribution is 5.73. The molecule has 0 saturated carbocycles. The minimum absolute atomic E-state index is 0.185. The number of carboxylic acid groups (broad SMARTS) is 1. The largest absolute Gasteiger partial charge is 0.550 e. The SMILES string of the molecule is CCCCCCCCCCCCCCC(C)C(=O)O[C@H](CC(=O)[O-])C[N+](C)(C)C. The normalized spacial score (nSPS) is 13.8. The van der Waals surface area contributed by atoms with Crippen LogP contribution in [0.15, 0.2) is 0 Å². The fourth-order valence-corrected chi connectivity index (χ4v) is 3.63. The van der Waals surface area contributed by atoms with E-state index in [1.807, 2.05) is 28.1 Å². The van der Waals surface area contributed by atoms with Gasteiger partial charge < -0.3 is 19.1 Å². The van der Waals surface area contributed by atoms with Gasteiger partial charge in [-0.15, -0.1) is 0 Å². The number of esters is 1. The molecule has 0 bridgehead atoms. The molecule has 0 saturated heterocycles. The van der Waals surface area contributed by atoms with E-state index in [4.69, 9.17) is 4.74 Å². The molecular weight excluding hydrogens is 366 g/mol. The average molecular weight is 414 g/mol. The maximum atomic E-state index is 12.3. The van der Waals surface area contributed by atoms with Crippen molar-refractivity contribution in [1.29, 1.82) is 0 Å². The fraction of sp³-hybridized carbons (Fsp3) is 0.917. The van der Waals surface area contributed by atoms with Crippen LogP contribution in [0.2, 0.25) is 0 Å². The summed E-state index contributed by atoms with van der Waals surface area (Å²) >= 11 is 0. The number of unbranched alkanes of at least 4 members (excludes halogenated alkanes) is 11. The number of rotatable bonds is 19. The number of carbonyl (C=O) groups is 2. The van der Waals surface area contributed by atoms with Crippen LogP contribution in [-0.4, -0.2) is 50.2 Å². The lowest BCUT2D eigenvalue weighted by Gasteiger charge is -2.29. The first-order chi connectivity index (χ1) is 13.7. The highest BCUT2D eigenvalue weighted by atomic mass is 16.5. The topological polar surface area (TPSA) is 66.4 Å². The Hall–Kier alpha value is -1.10. The van der Waals surface area contributed by atoms with Crippen LogP contribution in [0.1, 0.15) is 104 Å². The lowest BCUT2D eigenvalue weighted by Crippen LogP contribution is -2.45. The van der Waals surface area contributed by atoms with E-state index < -0.39 is 12.1 Å². The molecule has 1 unspecified atom stereocenters. The first-order valence-electron chi connectivity index (χ1n) is 11.9. The van der Waals surface area contributed by atoms with Crippen molar-refractivity contribution in [2.45, 2.75) is 110 Å². The number of ether oxygens (including phenoxy) is 1. The zero-order chi connectivity index (χ0) is 22.1. The third-order valence-corrected chi connectivity index (χ3v) is 5.32. The molecule has 172 valence electrons. The minimum atomic E-state index is -1.18. The summed E-state index contributed by atoms with van der Waals surface area (Å²) in [5.74, 6) is -1.65. The first kappa shape index (κ1) is 27.9. The van der Waals surface area contributed by atoms with E-state index in [9.17, 15) is 14.7 Å². The van der Waals surface area contributed by atoms with Crippen LogP contribution >= 0.6 is 0 Å². The van der Waals surface area contributed by atoms with Crippen molar-refractivity contribution in [3.8, 4) is 0 Å². The van der Waals surface area contributed by atoms with Gasteiger partial charge in [0.1, 0.15) is 6.54 Å². The molecule has 0 amide bonds. The van der Waals surface area contributed by atoms with Crippen LogP contribution < -0.4 is 5.11 Å². The van der Waals surface area contributed by atoms with Gasteiger partial charge in [-0.25, -0.2) is 0 Å². The van der Waals surface area contributed by atoms with Gasteiger partial charge >= 0.3 is 5.97 Å². The van der Waals surface area contributed by atoms with Gasteiger partial charge in [-0.2, -0.15) is 0 Å². The van der Waals surface area contributed by atoms with E-state index >= 15 is 0 Å². The van der Waals surface area contributed by atoms with Crippen LogP contribution in [0.3, 0.4) is 0 Å². The smallest absolute Gasteiger partial charge is 0.309 e. The molecule has 0 radical (unpaired) electrons. The molecule has 0 aliphatic heterocycles. The molecule has 5 nitrogen and oxygen atoms in total. The molecule has 0 aromatic carbocycles. The summed E-state index contributed by atoms with van der Waals surface area (Å²) in [6, 6.07) is 0. The van der Waals surface area contributed by atoms with E-state index in [0.29, 0.717) is 11.0 Å². The number of carboxylic acids is 1. The second-order valence-corrected chi connectivity index (χ2v) is 9.69. The Kier molecular flexibility index (Phi) is 16.0. The molecule has 5 heteroatoms. The summed E-state index contributed by atoms with van der Waals surface area (Å²) in [7, 11) is 5.85. The van der Waals surface area contributed by atoms with Crippen molar-refractivity contribution < 1.29 is 23.9 Å². The molecule has 0 aromatic rings. The third-order valence-electron chi connectivity index (χ3n) is 5.32. The third kappa shape index (κ3) is 18.7. The summed E-state index contributed by atoms with van der Waals surface area (Å²) in [5.41, 5.74) is 0. The van der Waals surface area contributed by atoms with E-state index in [0.717, 1.165) is 19.3 Å². The molecule has 0 spiro atoms. The van der Waals surface area contributed by atoms with Gasteiger partial charge in [0.2, 0.25) is 0 Å². The molecular formula is C24H47NO4. The first-order valence-corrected chi connectivity index (χ1v) is 11.9. The highest BCUT2D eigenvalue weighted by Crippen LogP contribution is 2.16. The Balaban J connectivity index is 3.83. The molecule has 0 rings (SSSR count). The van der Waals surface area contributed by atoms with Crippen LogP contribution in [0.4, 0.5) is 0 Å². The maximum absolute atomic E-state index is 12.3. The predicted octanol–water partition coefficient (Wildman–Crippen LogP) is 4.47. The van der Waals surface area contributed by atoms with Crippen molar-refractivity contribution in [1.82, 2.24) is 0 Å². The molecule has 0 fully saturated rings. The number of likely N-dealkylation sites (N-methyl/N-ethyl adjacent to an activating group) is 1. The fourth-order valence-electron chi connectivity index (χ4n) is 3.63. The molecule has 0 heterocycles. The molecule has 0 aliphatic rings. The minimum Gasteiger partial charge on any atom is -0.550 e. The Labute approximate surface area is 179 Å². The van der Waals surface area contributed by atoms with E-state index in [2.05, 4.69) is 6.92 Å². The number of quaternary nitrogens is 1. The zero-order valence-electron chi connectivity index (χ0n) is 19.8. The number of hydrogen-bond donors (Lipinski definition) is 0. The van der Waals surface area contributed by atoms with Crippen molar-refractivity contribution in [2.24, 2.45) is 5.92 Å². The lowest BCUT2D eigenvalue weighted by molar-refractivity contribution is -0.873. The summed E-state index contributed by atoms with van der Waals surface area (Å²) in [6.45, 7) is 4.60. The zero-order valence-corrected chi connectivity index (χ0v) is 19.8. The number of carbonyl (C=O) groups excluding carboxylic acids is 2. The van der Waals surface area contributed by atoms with Gasteiger partial charge in [0.25, 0.3) is 0 Å². The van der Waals surface area contributed by atoms with Crippen molar-refractivity contribution in [3.63, 3.8) is 0 Å². The van der Waals surface area contributed by atoms with Gasteiger partial charge in [-0.05, 0) is 6.42 Å². The quantitative estimate of drug-likeness (QED) is 0.178. The molecule has 29 heavy (non-hydrogen) atoms. The predicted molar refractivity (Wildman–Crippen MR) is 117 cm³/mol. The Morgan fingerprint density at radius 1 is 0.828 bits per heavy atom. The van der Waals surface area contributed by atoms with Crippen LogP contribution in [-0.2, 0) is 14.3 Å². The van der Waals surface area contributed by atoms with Crippen LogP contribution in [0, 0.1) is 5.92 Å². The van der Waals surface area contributed by atoms with Crippen molar-refractivity contribution in [2.75, 3.05) is 27.7 Å². The van der Waals surface area contributed by atoms with E-state index in [1.165, 1.54) is 64.2 Å². The second-order valence-electron chi connectivity index (χ2n) is 9.69. The van der Waals surface area contributed by atoms with Gasteiger partial charge in [0.05, 0.1) is 27.1 Å². The number of hydrogen-bond acceptors (Lipinski definition) is 4. The molecule has 2 atom stereocenters. The molecule has 0 aromatic heterocycles. The second kappa shape index (κ2) is 16.7. The van der Waals surface area contributed by atoms with Crippen molar-refractivity contribution in [3.05, 3.63) is 0 Å². The standard InChI is InChI=1S/C24H47NO4/c1-6-7-8-9-10-11-12-13-14-15-16-17-18-21(2)24(28)29-22(19-23(26)27)20-25(3,4)5/h21-22H,6-20H2,1-5H3/t21?,22-/m1/s1. The summed E-state index contributed by atoms with van der Waals surface area (Å²) in [6.07, 6.45) is 15.5. The van der Waals surface area contributed by atoms with Crippen molar-refractivity contribution >= 4 is 11.9 Å². The van der Waals surface area contributed by atoms with E-state index in [1.54, 1.807) is 0 Å². The molecule has 0 N–H and O–H groups in total. The molecule has 0 aliphatic carbocycles.